The number of aliphatic hydroxyl groups excluding tert-OH is 2. The van der Waals surface area contributed by atoms with Crippen molar-refractivity contribution in [1.82, 2.24) is 4.98 Å². The molecule has 4 saturated carbocycles. The predicted octanol–water partition coefficient (Wildman–Crippen LogP) is 7.72. The van der Waals surface area contributed by atoms with Crippen LogP contribution in [0, 0.1) is 57.2 Å². The Hall–Kier alpha value is -1.32. The van der Waals surface area contributed by atoms with E-state index in [-0.39, 0.29) is 12.0 Å². The van der Waals surface area contributed by atoms with Gasteiger partial charge in [-0.15, -0.1) is 0 Å². The summed E-state index contributed by atoms with van der Waals surface area (Å²) in [5.41, 5.74) is 5.87. The molecule has 5 aliphatic rings. The number of aromatic nitrogens is 1. The van der Waals surface area contributed by atoms with Gasteiger partial charge in [-0.25, -0.2) is 0 Å². The van der Waals surface area contributed by atoms with Crippen LogP contribution in [0.15, 0.2) is 42.3 Å². The molecule has 6 rings (SSSR count). The highest BCUT2D eigenvalue weighted by Gasteiger charge is 2.75. The zero-order valence-corrected chi connectivity index (χ0v) is 24.6. The molecule has 3 heteroatoms. The number of nitrogens with one attached hydrogen (secondary N) is 1. The minimum atomic E-state index is 0.260. The topological polar surface area (TPSA) is 56.2 Å². The van der Waals surface area contributed by atoms with Gasteiger partial charge in [-0.3, -0.25) is 0 Å². The van der Waals surface area contributed by atoms with Crippen molar-refractivity contribution in [2.24, 2.45) is 57.2 Å². The quantitative estimate of drug-likeness (QED) is 0.329. The van der Waals surface area contributed by atoms with E-state index in [2.05, 4.69) is 57.6 Å². The minimum absolute atomic E-state index is 0.260. The van der Waals surface area contributed by atoms with Crippen molar-refractivity contribution in [2.75, 3.05) is 13.2 Å². The molecular formula is C35H53NO2. The van der Waals surface area contributed by atoms with Crippen LogP contribution in [-0.4, -0.2) is 28.4 Å². The first-order chi connectivity index (χ1) is 18.1. The van der Waals surface area contributed by atoms with E-state index >= 15 is 0 Å². The smallest absolute Gasteiger partial charge is 0.0462 e. The average molecular weight is 520 g/mol. The van der Waals surface area contributed by atoms with Crippen LogP contribution in [0.25, 0.3) is 0 Å². The van der Waals surface area contributed by atoms with Gasteiger partial charge in [0.2, 0.25) is 0 Å². The van der Waals surface area contributed by atoms with E-state index in [9.17, 15) is 10.2 Å². The lowest BCUT2D eigenvalue weighted by Gasteiger charge is -2.62. The zero-order valence-electron chi connectivity index (χ0n) is 24.6. The van der Waals surface area contributed by atoms with Gasteiger partial charge in [-0.1, -0.05) is 51.5 Å². The molecule has 1 heterocycles. The Morgan fingerprint density at radius 1 is 1.11 bits per heavy atom. The summed E-state index contributed by atoms with van der Waals surface area (Å²) in [7, 11) is 0. The Labute approximate surface area is 231 Å². The van der Waals surface area contributed by atoms with Gasteiger partial charge < -0.3 is 15.2 Å². The van der Waals surface area contributed by atoms with Crippen molar-refractivity contribution in [2.45, 2.75) is 98.3 Å². The van der Waals surface area contributed by atoms with E-state index in [1.165, 1.54) is 62.5 Å². The molecule has 0 radical (unpaired) electrons. The van der Waals surface area contributed by atoms with Gasteiger partial charge in [-0.2, -0.15) is 0 Å². The molecule has 1 aromatic heterocycles. The van der Waals surface area contributed by atoms with Crippen molar-refractivity contribution < 1.29 is 10.2 Å². The Kier molecular flexibility index (Phi) is 6.63. The fourth-order valence-electron chi connectivity index (χ4n) is 11.6. The Balaban J connectivity index is 1.32. The number of aliphatic hydroxyl groups is 2. The number of allylic oxidation sites excluding steroid dienone is 3. The molecule has 3 nitrogen and oxygen atoms in total. The highest BCUT2D eigenvalue weighted by Crippen LogP contribution is 2.82. The Morgan fingerprint density at radius 3 is 2.61 bits per heavy atom. The van der Waals surface area contributed by atoms with E-state index in [0.29, 0.717) is 46.5 Å². The second-order valence-corrected chi connectivity index (χ2v) is 15.5. The molecule has 4 fully saturated rings. The standard InChI is InChI=1S/C35H53NO2/c1-23-15-29-33(5,31-30(23)32(31,3)4)24(2)34(11-8-25(18-34)7-6-14-37)22-35(29)12-9-26(19-35)16-28(21-38)17-27-10-13-36-20-27/h10,13,15,20,24-26,28,30-31,36-38H,1,6-9,11-12,14,16-19,21-22H2,2-5H3/t24-,25+,26+,28+,30-,31+,33-,34-,35+/m1/s1. The molecule has 0 unspecified atom stereocenters. The summed E-state index contributed by atoms with van der Waals surface area (Å²) in [6.07, 6.45) is 20.4. The summed E-state index contributed by atoms with van der Waals surface area (Å²) >= 11 is 0. The van der Waals surface area contributed by atoms with Crippen molar-refractivity contribution in [3.63, 3.8) is 0 Å². The molecule has 38 heavy (non-hydrogen) atoms. The molecule has 0 amide bonds. The van der Waals surface area contributed by atoms with Gasteiger partial charge in [-0.05, 0) is 139 Å². The number of hydrogen-bond acceptors (Lipinski definition) is 2. The number of H-pyrrole nitrogens is 1. The third-order valence-corrected chi connectivity index (χ3v) is 13.2. The van der Waals surface area contributed by atoms with Crippen LogP contribution in [-0.2, 0) is 6.42 Å². The molecule has 0 aromatic carbocycles. The van der Waals surface area contributed by atoms with E-state index in [1.54, 1.807) is 5.57 Å². The SMILES string of the molecule is C=C1C=C2[C@]3(CC[C@@H](C[C@H](CO)Cc4cc[nH]c4)C3)C[C@]3(CC[C@H](CCCO)C3)[C@H](C)[C@@]2(C)[C@H]2[C@@H]1C2(C)C. The van der Waals surface area contributed by atoms with E-state index in [0.717, 1.165) is 31.1 Å². The van der Waals surface area contributed by atoms with Gasteiger partial charge >= 0.3 is 0 Å². The van der Waals surface area contributed by atoms with E-state index < -0.39 is 0 Å². The second kappa shape index (κ2) is 9.37. The van der Waals surface area contributed by atoms with Crippen molar-refractivity contribution >= 4 is 0 Å². The molecule has 5 aliphatic carbocycles. The maximum atomic E-state index is 10.3. The van der Waals surface area contributed by atoms with Crippen molar-refractivity contribution in [1.29, 1.82) is 0 Å². The number of rotatable bonds is 8. The molecule has 2 spiro atoms. The summed E-state index contributed by atoms with van der Waals surface area (Å²) in [5, 5.41) is 19.8. The summed E-state index contributed by atoms with van der Waals surface area (Å²) in [5.74, 6) is 3.91. The number of hydrogen-bond donors (Lipinski definition) is 3. The van der Waals surface area contributed by atoms with E-state index in [1.807, 2.05) is 6.20 Å². The average Bonchev–Trinajstić information content (AvgIpc) is 3.38. The molecule has 210 valence electrons. The van der Waals surface area contributed by atoms with Gasteiger partial charge in [0.15, 0.2) is 0 Å². The van der Waals surface area contributed by atoms with Crippen LogP contribution in [0.5, 0.6) is 0 Å². The fraction of sp³-hybridized carbons (Fsp3) is 0.771. The van der Waals surface area contributed by atoms with Crippen LogP contribution >= 0.6 is 0 Å². The minimum Gasteiger partial charge on any atom is -0.396 e. The van der Waals surface area contributed by atoms with E-state index in [4.69, 9.17) is 0 Å². The zero-order chi connectivity index (χ0) is 26.9. The van der Waals surface area contributed by atoms with Gasteiger partial charge in [0.25, 0.3) is 0 Å². The van der Waals surface area contributed by atoms with Crippen molar-refractivity contribution in [3.05, 3.63) is 47.8 Å². The molecule has 0 aliphatic heterocycles. The summed E-state index contributed by atoms with van der Waals surface area (Å²) in [6, 6.07) is 2.16. The molecule has 9 atom stereocenters. The number of aromatic amines is 1. The van der Waals surface area contributed by atoms with Gasteiger partial charge in [0, 0.05) is 25.6 Å². The molecule has 1 aromatic rings. The third kappa shape index (κ3) is 3.96. The normalized spacial score (nSPS) is 43.8. The first kappa shape index (κ1) is 26.9. The van der Waals surface area contributed by atoms with Crippen LogP contribution in [0.4, 0.5) is 0 Å². The lowest BCUT2D eigenvalue weighted by atomic mass is 9.42. The largest absolute Gasteiger partial charge is 0.396 e. The third-order valence-electron chi connectivity index (χ3n) is 13.2. The predicted molar refractivity (Wildman–Crippen MR) is 155 cm³/mol. The summed E-state index contributed by atoms with van der Waals surface area (Å²) in [6.45, 7) is 15.6. The van der Waals surface area contributed by atoms with Gasteiger partial charge in [0.05, 0.1) is 0 Å². The summed E-state index contributed by atoms with van der Waals surface area (Å²) < 4.78 is 0. The fourth-order valence-corrected chi connectivity index (χ4v) is 11.6. The maximum Gasteiger partial charge on any atom is 0.0462 e. The Morgan fingerprint density at radius 2 is 1.89 bits per heavy atom. The lowest BCUT2D eigenvalue weighted by Crippen LogP contribution is -2.54. The highest BCUT2D eigenvalue weighted by molar-refractivity contribution is 5.48. The van der Waals surface area contributed by atoms with Crippen LogP contribution in [0.2, 0.25) is 0 Å². The van der Waals surface area contributed by atoms with Crippen LogP contribution < -0.4 is 0 Å². The summed E-state index contributed by atoms with van der Waals surface area (Å²) in [4.78, 5) is 3.19. The van der Waals surface area contributed by atoms with Crippen LogP contribution in [0.3, 0.4) is 0 Å². The van der Waals surface area contributed by atoms with Gasteiger partial charge in [0.1, 0.15) is 0 Å². The van der Waals surface area contributed by atoms with Crippen molar-refractivity contribution in [3.8, 4) is 0 Å². The Bertz CT molecular complexity index is 1070. The van der Waals surface area contributed by atoms with Crippen LogP contribution in [0.1, 0.15) is 97.5 Å². The lowest BCUT2D eigenvalue weighted by molar-refractivity contribution is -0.0502. The molecule has 0 saturated heterocycles. The second-order valence-electron chi connectivity index (χ2n) is 15.5. The molecular weight excluding hydrogens is 466 g/mol. The first-order valence-corrected chi connectivity index (χ1v) is 15.8. The molecule has 0 bridgehead atoms. The monoisotopic (exact) mass is 519 g/mol. The first-order valence-electron chi connectivity index (χ1n) is 15.8. The molecule has 3 N–H and O–H groups in total. The highest BCUT2D eigenvalue weighted by atomic mass is 16.3. The maximum absolute atomic E-state index is 10.3. The number of fused-ring (bicyclic) bond motifs is 4.